The molecule has 1 nitrogen and oxygen atoms in total. The molecule has 2 aliphatic carbocycles. The molecule has 0 saturated heterocycles. The highest BCUT2D eigenvalue weighted by Crippen LogP contribution is 2.57. The second-order valence-electron chi connectivity index (χ2n) is 7.84. The first-order valence-corrected chi connectivity index (χ1v) is 8.95. The van der Waals surface area contributed by atoms with Crippen molar-refractivity contribution in [3.63, 3.8) is 0 Å². The minimum absolute atomic E-state index is 0.523. The van der Waals surface area contributed by atoms with Crippen LogP contribution in [-0.4, -0.2) is 6.54 Å². The molecule has 0 amide bonds. The van der Waals surface area contributed by atoms with Gasteiger partial charge in [-0.3, -0.25) is 0 Å². The third kappa shape index (κ3) is 3.34. The number of benzene rings is 1. The Morgan fingerprint density at radius 1 is 1.10 bits per heavy atom. The number of rotatable bonds is 5. The predicted octanol–water partition coefficient (Wildman–Crippen LogP) is 5.43. The van der Waals surface area contributed by atoms with E-state index in [-0.39, 0.29) is 0 Å². The Morgan fingerprint density at radius 2 is 1.71 bits per heavy atom. The summed E-state index contributed by atoms with van der Waals surface area (Å²) in [6, 6.07) is 10.2. The topological polar surface area (TPSA) is 12.0 Å². The molecule has 2 atom stereocenters. The van der Waals surface area contributed by atoms with Gasteiger partial charge in [0.05, 0.1) is 0 Å². The predicted molar refractivity (Wildman–Crippen MR) is 90.6 cm³/mol. The van der Waals surface area contributed by atoms with Crippen molar-refractivity contribution in [2.24, 2.45) is 11.3 Å². The summed E-state index contributed by atoms with van der Waals surface area (Å²) in [7, 11) is 0. The van der Waals surface area contributed by atoms with Gasteiger partial charge in [0, 0.05) is 6.04 Å². The van der Waals surface area contributed by atoms with Gasteiger partial charge in [-0.05, 0) is 54.2 Å². The molecule has 2 aliphatic rings. The summed E-state index contributed by atoms with van der Waals surface area (Å²) in [6.07, 6.45) is 8.42. The van der Waals surface area contributed by atoms with E-state index >= 15 is 0 Å². The molecule has 0 radical (unpaired) electrons. The van der Waals surface area contributed by atoms with Crippen LogP contribution >= 0.6 is 0 Å². The molecule has 1 heteroatoms. The standard InChI is InChI=1S/C20H31N/c1-4-21-19(18-14-20(18,2)3)17-12-10-16(11-13-17)15-8-6-5-7-9-15/h10-13,15,18-19,21H,4-9,14H2,1-3H3. The van der Waals surface area contributed by atoms with Gasteiger partial charge in [0.25, 0.3) is 0 Å². The van der Waals surface area contributed by atoms with Crippen LogP contribution in [-0.2, 0) is 0 Å². The van der Waals surface area contributed by atoms with Gasteiger partial charge < -0.3 is 5.32 Å². The molecule has 0 spiro atoms. The Balaban J connectivity index is 1.72. The van der Waals surface area contributed by atoms with Crippen LogP contribution in [0.5, 0.6) is 0 Å². The van der Waals surface area contributed by atoms with Gasteiger partial charge in [-0.2, -0.15) is 0 Å². The van der Waals surface area contributed by atoms with Crippen LogP contribution in [0.2, 0.25) is 0 Å². The van der Waals surface area contributed by atoms with E-state index in [1.165, 1.54) is 44.1 Å². The zero-order valence-electron chi connectivity index (χ0n) is 14.0. The zero-order valence-corrected chi connectivity index (χ0v) is 14.0. The lowest BCUT2D eigenvalue weighted by Crippen LogP contribution is -2.24. The maximum absolute atomic E-state index is 3.72. The van der Waals surface area contributed by atoms with E-state index in [0.29, 0.717) is 11.5 Å². The first-order chi connectivity index (χ1) is 10.1. The summed E-state index contributed by atoms with van der Waals surface area (Å²) in [4.78, 5) is 0. The highest BCUT2D eigenvalue weighted by molar-refractivity contribution is 5.29. The van der Waals surface area contributed by atoms with Crippen LogP contribution in [0.15, 0.2) is 24.3 Å². The molecule has 1 aromatic carbocycles. The molecule has 1 N–H and O–H groups in total. The lowest BCUT2D eigenvalue weighted by Gasteiger charge is -2.24. The SMILES string of the molecule is CCNC(c1ccc(C2CCCCC2)cc1)C1CC1(C)C. The fraction of sp³-hybridized carbons (Fsp3) is 0.700. The maximum atomic E-state index is 3.72. The van der Waals surface area contributed by atoms with Crippen LogP contribution in [0.3, 0.4) is 0 Å². The number of hydrogen-bond acceptors (Lipinski definition) is 1. The summed E-state index contributed by atoms with van der Waals surface area (Å²) in [5.74, 6) is 1.63. The maximum Gasteiger partial charge on any atom is 0.0353 e. The lowest BCUT2D eigenvalue weighted by atomic mass is 9.83. The first kappa shape index (κ1) is 15.1. The average molecular weight is 285 g/mol. The van der Waals surface area contributed by atoms with Crippen molar-refractivity contribution in [2.45, 2.75) is 71.3 Å². The molecule has 0 bridgehead atoms. The average Bonchev–Trinajstić information content (AvgIpc) is 3.14. The van der Waals surface area contributed by atoms with Crippen LogP contribution in [0.4, 0.5) is 0 Å². The van der Waals surface area contributed by atoms with E-state index < -0.39 is 0 Å². The van der Waals surface area contributed by atoms with Crippen molar-refractivity contribution in [3.05, 3.63) is 35.4 Å². The minimum atomic E-state index is 0.523. The number of nitrogens with one attached hydrogen (secondary N) is 1. The molecule has 2 fully saturated rings. The Kier molecular flexibility index (Phi) is 4.40. The van der Waals surface area contributed by atoms with Crippen LogP contribution < -0.4 is 5.32 Å². The van der Waals surface area contributed by atoms with Crippen molar-refractivity contribution in [1.29, 1.82) is 0 Å². The molecule has 0 aliphatic heterocycles. The molecule has 2 unspecified atom stereocenters. The molecule has 21 heavy (non-hydrogen) atoms. The molecule has 0 heterocycles. The van der Waals surface area contributed by atoms with Gasteiger partial charge in [0.2, 0.25) is 0 Å². The van der Waals surface area contributed by atoms with Crippen molar-refractivity contribution >= 4 is 0 Å². The third-order valence-corrected chi connectivity index (χ3v) is 5.79. The zero-order chi connectivity index (χ0) is 14.9. The van der Waals surface area contributed by atoms with Crippen LogP contribution in [0, 0.1) is 11.3 Å². The van der Waals surface area contributed by atoms with Gasteiger partial charge >= 0.3 is 0 Å². The fourth-order valence-corrected chi connectivity index (χ4v) is 4.20. The third-order valence-electron chi connectivity index (χ3n) is 5.79. The quantitative estimate of drug-likeness (QED) is 0.760. The summed E-state index contributed by atoms with van der Waals surface area (Å²) in [5.41, 5.74) is 3.59. The molecule has 2 saturated carbocycles. The highest BCUT2D eigenvalue weighted by Gasteiger charge is 2.50. The highest BCUT2D eigenvalue weighted by atomic mass is 14.9. The Bertz CT molecular complexity index is 453. The van der Waals surface area contributed by atoms with Gasteiger partial charge in [-0.15, -0.1) is 0 Å². The van der Waals surface area contributed by atoms with Gasteiger partial charge in [-0.1, -0.05) is 64.3 Å². The Morgan fingerprint density at radius 3 is 2.24 bits per heavy atom. The smallest absolute Gasteiger partial charge is 0.0353 e. The first-order valence-electron chi connectivity index (χ1n) is 8.95. The van der Waals surface area contributed by atoms with Crippen molar-refractivity contribution in [3.8, 4) is 0 Å². The largest absolute Gasteiger partial charge is 0.310 e. The minimum Gasteiger partial charge on any atom is -0.310 e. The molecule has 116 valence electrons. The monoisotopic (exact) mass is 285 g/mol. The Labute approximate surface area is 130 Å². The molecule has 1 aromatic rings. The van der Waals surface area contributed by atoms with E-state index in [0.717, 1.165) is 18.4 Å². The molecular weight excluding hydrogens is 254 g/mol. The Hall–Kier alpha value is -0.820. The molecular formula is C20H31N. The van der Waals surface area contributed by atoms with Crippen molar-refractivity contribution < 1.29 is 0 Å². The van der Waals surface area contributed by atoms with Crippen LogP contribution in [0.1, 0.15) is 82.4 Å². The lowest BCUT2D eigenvalue weighted by molar-refractivity contribution is 0.422. The number of hydrogen-bond donors (Lipinski definition) is 1. The fourth-order valence-electron chi connectivity index (χ4n) is 4.20. The molecule has 0 aromatic heterocycles. The normalized spacial score (nSPS) is 26.5. The summed E-state index contributed by atoms with van der Waals surface area (Å²) >= 11 is 0. The van der Waals surface area contributed by atoms with E-state index in [1.54, 1.807) is 5.56 Å². The van der Waals surface area contributed by atoms with E-state index in [4.69, 9.17) is 0 Å². The van der Waals surface area contributed by atoms with Gasteiger partial charge in [0.1, 0.15) is 0 Å². The molecule has 3 rings (SSSR count). The van der Waals surface area contributed by atoms with E-state index in [9.17, 15) is 0 Å². The summed E-state index contributed by atoms with van der Waals surface area (Å²) in [5, 5.41) is 3.72. The summed E-state index contributed by atoms with van der Waals surface area (Å²) in [6.45, 7) is 8.08. The van der Waals surface area contributed by atoms with E-state index in [2.05, 4.69) is 50.4 Å². The van der Waals surface area contributed by atoms with Crippen LogP contribution in [0.25, 0.3) is 0 Å². The van der Waals surface area contributed by atoms with E-state index in [1.807, 2.05) is 0 Å². The van der Waals surface area contributed by atoms with Gasteiger partial charge in [-0.25, -0.2) is 0 Å². The van der Waals surface area contributed by atoms with Crippen molar-refractivity contribution in [2.75, 3.05) is 6.54 Å². The second kappa shape index (κ2) is 6.12. The van der Waals surface area contributed by atoms with Gasteiger partial charge in [0.15, 0.2) is 0 Å². The van der Waals surface area contributed by atoms with Crippen molar-refractivity contribution in [1.82, 2.24) is 5.32 Å². The summed E-state index contributed by atoms with van der Waals surface area (Å²) < 4.78 is 0. The second-order valence-corrected chi connectivity index (χ2v) is 7.84.